The molecule has 0 rings (SSSR count). The van der Waals surface area contributed by atoms with Crippen molar-refractivity contribution < 1.29 is 24.6 Å². The highest BCUT2D eigenvalue weighted by Crippen LogP contribution is 2.03. The minimum absolute atomic E-state index is 0.183. The van der Waals surface area contributed by atoms with Crippen LogP contribution in [0.25, 0.3) is 0 Å². The Morgan fingerprint density at radius 1 is 1.12 bits per heavy atom. The van der Waals surface area contributed by atoms with Gasteiger partial charge in [-0.1, -0.05) is 13.8 Å². The summed E-state index contributed by atoms with van der Waals surface area (Å²) in [7, 11) is 0. The monoisotopic (exact) mass is 232 g/mol. The molecule has 7 heteroatoms. The van der Waals surface area contributed by atoms with Crippen LogP contribution in [-0.4, -0.2) is 52.1 Å². The molecule has 0 saturated carbocycles. The maximum atomic E-state index is 11.6. The fourth-order valence-corrected chi connectivity index (χ4v) is 1.03. The summed E-state index contributed by atoms with van der Waals surface area (Å²) in [5.74, 6) is -3.39. The molecule has 0 aromatic heterocycles. The summed E-state index contributed by atoms with van der Waals surface area (Å²) in [5, 5.41) is 17.1. The van der Waals surface area contributed by atoms with E-state index in [2.05, 4.69) is 0 Å². The summed E-state index contributed by atoms with van der Waals surface area (Å²) in [4.78, 5) is 33.3. The Kier molecular flexibility index (Phi) is 5.44. The van der Waals surface area contributed by atoms with Gasteiger partial charge in [0.05, 0.1) is 6.04 Å². The summed E-state index contributed by atoms with van der Waals surface area (Å²) in [5.41, 5.74) is 5.54. The van der Waals surface area contributed by atoms with E-state index in [1.54, 1.807) is 13.8 Å². The van der Waals surface area contributed by atoms with Crippen molar-refractivity contribution in [2.45, 2.75) is 19.9 Å². The van der Waals surface area contributed by atoms with Crippen LogP contribution in [0.2, 0.25) is 0 Å². The molecule has 0 fully saturated rings. The zero-order valence-electron chi connectivity index (χ0n) is 9.21. The quantitative estimate of drug-likeness (QED) is 0.538. The molecule has 0 bridgehead atoms. The van der Waals surface area contributed by atoms with Gasteiger partial charge in [-0.2, -0.15) is 0 Å². The van der Waals surface area contributed by atoms with Crippen LogP contribution in [0.15, 0.2) is 0 Å². The lowest BCUT2D eigenvalue weighted by atomic mass is 10.0. The molecule has 0 aliphatic heterocycles. The second-order valence-electron chi connectivity index (χ2n) is 3.75. The summed E-state index contributed by atoms with van der Waals surface area (Å²) in [6.45, 7) is 2.07. The fourth-order valence-electron chi connectivity index (χ4n) is 1.03. The van der Waals surface area contributed by atoms with Gasteiger partial charge in [-0.05, 0) is 5.92 Å². The van der Waals surface area contributed by atoms with E-state index >= 15 is 0 Å². The highest BCUT2D eigenvalue weighted by atomic mass is 16.4. The third-order valence-corrected chi connectivity index (χ3v) is 1.97. The van der Waals surface area contributed by atoms with Crippen LogP contribution in [0.5, 0.6) is 0 Å². The Balaban J connectivity index is 4.67. The number of carboxylic acids is 2. The van der Waals surface area contributed by atoms with Crippen molar-refractivity contribution in [3.63, 3.8) is 0 Å². The molecule has 0 radical (unpaired) electrons. The number of nitrogens with zero attached hydrogens (tertiary/aromatic N) is 1. The normalized spacial score (nSPS) is 12.2. The lowest BCUT2D eigenvalue weighted by molar-refractivity contribution is -0.150. The van der Waals surface area contributed by atoms with Crippen molar-refractivity contribution in [1.29, 1.82) is 0 Å². The van der Waals surface area contributed by atoms with Gasteiger partial charge in [0.2, 0.25) is 5.91 Å². The van der Waals surface area contributed by atoms with Crippen LogP contribution < -0.4 is 5.73 Å². The van der Waals surface area contributed by atoms with Crippen LogP contribution in [0.4, 0.5) is 0 Å². The van der Waals surface area contributed by atoms with Crippen LogP contribution in [0, 0.1) is 5.92 Å². The van der Waals surface area contributed by atoms with E-state index < -0.39 is 37.0 Å². The average Bonchev–Trinajstić information content (AvgIpc) is 2.12. The van der Waals surface area contributed by atoms with Gasteiger partial charge < -0.3 is 20.8 Å². The minimum Gasteiger partial charge on any atom is -0.480 e. The number of aliphatic carboxylic acids is 2. The first kappa shape index (κ1) is 14.4. The number of nitrogens with two attached hydrogens (primary N) is 1. The van der Waals surface area contributed by atoms with Crippen molar-refractivity contribution in [1.82, 2.24) is 4.90 Å². The number of rotatable bonds is 6. The van der Waals surface area contributed by atoms with Crippen LogP contribution in [0.3, 0.4) is 0 Å². The number of carbonyl (C=O) groups excluding carboxylic acids is 1. The van der Waals surface area contributed by atoms with Gasteiger partial charge in [0.1, 0.15) is 13.1 Å². The molecule has 0 heterocycles. The summed E-state index contributed by atoms with van der Waals surface area (Å²) in [6.07, 6.45) is 0. The van der Waals surface area contributed by atoms with Crippen molar-refractivity contribution >= 4 is 17.8 Å². The van der Waals surface area contributed by atoms with E-state index in [0.29, 0.717) is 0 Å². The van der Waals surface area contributed by atoms with Crippen molar-refractivity contribution in [3.05, 3.63) is 0 Å². The van der Waals surface area contributed by atoms with Gasteiger partial charge in [-0.3, -0.25) is 14.4 Å². The lowest BCUT2D eigenvalue weighted by Crippen LogP contribution is -2.49. The molecule has 16 heavy (non-hydrogen) atoms. The second-order valence-corrected chi connectivity index (χ2v) is 3.75. The molecular formula is C9H16N2O5. The van der Waals surface area contributed by atoms with Gasteiger partial charge in [0.15, 0.2) is 0 Å². The first-order valence-electron chi connectivity index (χ1n) is 4.73. The van der Waals surface area contributed by atoms with Gasteiger partial charge in [-0.15, -0.1) is 0 Å². The molecule has 0 aliphatic carbocycles. The van der Waals surface area contributed by atoms with E-state index in [4.69, 9.17) is 15.9 Å². The molecule has 0 saturated heterocycles. The highest BCUT2D eigenvalue weighted by molar-refractivity contribution is 5.88. The standard InChI is InChI=1S/C9H16N2O5/c1-5(2)8(10)9(16)11(3-6(12)13)4-7(14)15/h5,8H,3-4,10H2,1-2H3,(H,12,13)(H,14,15)/t8-/m1/s1. The molecule has 0 unspecified atom stereocenters. The zero-order valence-corrected chi connectivity index (χ0v) is 9.21. The predicted octanol–water partition coefficient (Wildman–Crippen LogP) is -1.03. The van der Waals surface area contributed by atoms with Gasteiger partial charge in [0.25, 0.3) is 0 Å². The van der Waals surface area contributed by atoms with E-state index in [-0.39, 0.29) is 5.92 Å². The zero-order chi connectivity index (χ0) is 12.9. The van der Waals surface area contributed by atoms with E-state index in [9.17, 15) is 14.4 Å². The van der Waals surface area contributed by atoms with Crippen LogP contribution in [0.1, 0.15) is 13.8 Å². The smallest absolute Gasteiger partial charge is 0.323 e. The van der Waals surface area contributed by atoms with Crippen molar-refractivity contribution in [2.24, 2.45) is 11.7 Å². The Hall–Kier alpha value is -1.63. The Morgan fingerprint density at radius 2 is 1.50 bits per heavy atom. The van der Waals surface area contributed by atoms with Crippen molar-refractivity contribution in [2.75, 3.05) is 13.1 Å². The van der Waals surface area contributed by atoms with Crippen LogP contribution >= 0.6 is 0 Å². The molecular weight excluding hydrogens is 216 g/mol. The summed E-state index contributed by atoms with van der Waals surface area (Å²) >= 11 is 0. The number of carboxylic acid groups (broad SMARTS) is 2. The number of hydrogen-bond donors (Lipinski definition) is 3. The Bertz CT molecular complexity index is 274. The van der Waals surface area contributed by atoms with Gasteiger partial charge in [0, 0.05) is 0 Å². The first-order chi connectivity index (χ1) is 7.25. The Labute approximate surface area is 92.8 Å². The predicted molar refractivity (Wildman–Crippen MR) is 54.7 cm³/mol. The third kappa shape index (κ3) is 4.74. The molecule has 1 atom stereocenters. The summed E-state index contributed by atoms with van der Waals surface area (Å²) < 4.78 is 0. The minimum atomic E-state index is -1.27. The molecule has 92 valence electrons. The molecule has 1 amide bonds. The largest absolute Gasteiger partial charge is 0.480 e. The third-order valence-electron chi connectivity index (χ3n) is 1.97. The molecule has 0 aromatic rings. The van der Waals surface area contributed by atoms with Crippen LogP contribution in [-0.2, 0) is 14.4 Å². The summed E-state index contributed by atoms with van der Waals surface area (Å²) in [6, 6.07) is -0.890. The van der Waals surface area contributed by atoms with E-state index in [1.165, 1.54) is 0 Å². The number of hydrogen-bond acceptors (Lipinski definition) is 4. The first-order valence-corrected chi connectivity index (χ1v) is 4.73. The van der Waals surface area contributed by atoms with Crippen molar-refractivity contribution in [3.8, 4) is 0 Å². The molecule has 7 nitrogen and oxygen atoms in total. The molecule has 0 aromatic carbocycles. The topological polar surface area (TPSA) is 121 Å². The maximum absolute atomic E-state index is 11.6. The number of carbonyl (C=O) groups is 3. The van der Waals surface area contributed by atoms with E-state index in [1.807, 2.05) is 0 Å². The maximum Gasteiger partial charge on any atom is 0.323 e. The number of amides is 1. The lowest BCUT2D eigenvalue weighted by Gasteiger charge is -2.24. The molecule has 0 spiro atoms. The second kappa shape index (κ2) is 6.06. The van der Waals surface area contributed by atoms with Gasteiger partial charge >= 0.3 is 11.9 Å². The molecule has 4 N–H and O–H groups in total. The van der Waals surface area contributed by atoms with Gasteiger partial charge in [-0.25, -0.2) is 0 Å². The average molecular weight is 232 g/mol. The SMILES string of the molecule is CC(C)[C@@H](N)C(=O)N(CC(=O)O)CC(=O)O. The highest BCUT2D eigenvalue weighted by Gasteiger charge is 2.26. The Morgan fingerprint density at radius 3 is 1.75 bits per heavy atom. The molecule has 0 aliphatic rings. The van der Waals surface area contributed by atoms with E-state index in [0.717, 1.165) is 4.90 Å². The fraction of sp³-hybridized carbons (Fsp3) is 0.667.